The van der Waals surface area contributed by atoms with Crippen molar-refractivity contribution in [2.24, 2.45) is 0 Å². The maximum Gasteiger partial charge on any atom is 0.142 e. The van der Waals surface area contributed by atoms with E-state index in [1.807, 2.05) is 6.20 Å². The Bertz CT molecular complexity index is 791. The lowest BCUT2D eigenvalue weighted by Crippen LogP contribution is -2.36. The molecule has 0 amide bonds. The number of H-pyrrole nitrogens is 1. The molecule has 1 aliphatic rings. The monoisotopic (exact) mass is 297 g/mol. The van der Waals surface area contributed by atoms with Gasteiger partial charge in [-0.15, -0.1) is 0 Å². The lowest BCUT2D eigenvalue weighted by atomic mass is 10.1. The number of halogens is 1. The van der Waals surface area contributed by atoms with Crippen molar-refractivity contribution in [3.05, 3.63) is 48.5 Å². The van der Waals surface area contributed by atoms with E-state index in [-0.39, 0.29) is 5.82 Å². The molecule has 2 aromatic heterocycles. The van der Waals surface area contributed by atoms with E-state index in [2.05, 4.69) is 39.1 Å². The van der Waals surface area contributed by atoms with Gasteiger partial charge in [-0.1, -0.05) is 12.1 Å². The molecule has 4 rings (SSSR count). The van der Waals surface area contributed by atoms with E-state index < -0.39 is 0 Å². The number of fused-ring (bicyclic) bond motifs is 1. The third-order valence-corrected chi connectivity index (χ3v) is 4.05. The minimum absolute atomic E-state index is 0.321. The minimum atomic E-state index is -0.321. The first kappa shape index (κ1) is 13.3. The highest BCUT2D eigenvalue weighted by Gasteiger charge is 2.12. The summed E-state index contributed by atoms with van der Waals surface area (Å²) in [5, 5.41) is 0.805. The third kappa shape index (κ3) is 2.33. The van der Waals surface area contributed by atoms with Gasteiger partial charge in [-0.05, 0) is 23.8 Å². The molecule has 3 aromatic rings. The average Bonchev–Trinajstić information content (AvgIpc) is 2.99. The number of rotatable bonds is 2. The number of morpholine rings is 1. The lowest BCUT2D eigenvalue weighted by molar-refractivity contribution is 0.122. The first-order valence-electron chi connectivity index (χ1n) is 7.37. The molecule has 4 nitrogen and oxygen atoms in total. The van der Waals surface area contributed by atoms with Crippen LogP contribution in [0.3, 0.4) is 0 Å². The normalized spacial score (nSPS) is 15.4. The van der Waals surface area contributed by atoms with E-state index in [9.17, 15) is 4.39 Å². The second-order valence-electron chi connectivity index (χ2n) is 5.40. The maximum absolute atomic E-state index is 13.4. The summed E-state index contributed by atoms with van der Waals surface area (Å²) in [4.78, 5) is 9.46. The van der Waals surface area contributed by atoms with E-state index in [1.54, 1.807) is 0 Å². The Hall–Kier alpha value is -2.40. The molecule has 0 radical (unpaired) electrons. The molecule has 0 aliphatic carbocycles. The number of nitrogens with zero attached hydrogens (tertiary/aromatic N) is 2. The van der Waals surface area contributed by atoms with E-state index in [0.29, 0.717) is 5.65 Å². The summed E-state index contributed by atoms with van der Waals surface area (Å²) in [6.45, 7) is 3.38. The molecule has 0 spiro atoms. The summed E-state index contributed by atoms with van der Waals surface area (Å²) < 4.78 is 18.8. The van der Waals surface area contributed by atoms with Crippen molar-refractivity contribution in [1.82, 2.24) is 9.97 Å². The SMILES string of the molecule is Fc1cnc2[nH]cc(-c3ccc(N4CCOCC4)cc3)c2c1. The van der Waals surface area contributed by atoms with E-state index in [4.69, 9.17) is 4.74 Å². The van der Waals surface area contributed by atoms with Gasteiger partial charge in [-0.2, -0.15) is 0 Å². The zero-order valence-electron chi connectivity index (χ0n) is 12.1. The molecule has 5 heteroatoms. The fourth-order valence-electron chi connectivity index (χ4n) is 2.89. The Morgan fingerprint density at radius 2 is 1.91 bits per heavy atom. The van der Waals surface area contributed by atoms with Gasteiger partial charge in [-0.25, -0.2) is 9.37 Å². The summed E-state index contributed by atoms with van der Waals surface area (Å²) in [6.07, 6.45) is 3.10. The Labute approximate surface area is 127 Å². The van der Waals surface area contributed by atoms with Crippen molar-refractivity contribution >= 4 is 16.7 Å². The molecule has 22 heavy (non-hydrogen) atoms. The minimum Gasteiger partial charge on any atom is -0.378 e. The van der Waals surface area contributed by atoms with Crippen LogP contribution >= 0.6 is 0 Å². The van der Waals surface area contributed by atoms with Crippen LogP contribution in [0.2, 0.25) is 0 Å². The molecule has 1 aliphatic heterocycles. The van der Waals surface area contributed by atoms with Gasteiger partial charge in [0.2, 0.25) is 0 Å². The summed E-state index contributed by atoms with van der Waals surface area (Å²) >= 11 is 0. The molecule has 1 saturated heterocycles. The summed E-state index contributed by atoms with van der Waals surface area (Å²) in [6, 6.07) is 9.86. The first-order valence-corrected chi connectivity index (χ1v) is 7.37. The molecule has 3 heterocycles. The molecule has 0 saturated carbocycles. The van der Waals surface area contributed by atoms with Crippen molar-refractivity contribution in [3.63, 3.8) is 0 Å². The number of pyridine rings is 1. The van der Waals surface area contributed by atoms with Crippen LogP contribution in [-0.2, 0) is 4.74 Å². The van der Waals surface area contributed by atoms with E-state index >= 15 is 0 Å². The molecule has 0 atom stereocenters. The topological polar surface area (TPSA) is 41.2 Å². The Morgan fingerprint density at radius 1 is 1.14 bits per heavy atom. The molecule has 1 aromatic carbocycles. The smallest absolute Gasteiger partial charge is 0.142 e. The predicted octanol–water partition coefficient (Wildman–Crippen LogP) is 3.21. The van der Waals surface area contributed by atoms with Crippen LogP contribution in [0.15, 0.2) is 42.7 Å². The van der Waals surface area contributed by atoms with Gasteiger partial charge in [0, 0.05) is 35.9 Å². The second kappa shape index (κ2) is 5.42. The summed E-state index contributed by atoms with van der Waals surface area (Å²) in [7, 11) is 0. The second-order valence-corrected chi connectivity index (χ2v) is 5.40. The number of nitrogens with one attached hydrogen (secondary N) is 1. The Kier molecular flexibility index (Phi) is 3.27. The fraction of sp³-hybridized carbons (Fsp3) is 0.235. The lowest BCUT2D eigenvalue weighted by Gasteiger charge is -2.28. The first-order chi connectivity index (χ1) is 10.8. The van der Waals surface area contributed by atoms with Crippen LogP contribution in [0.5, 0.6) is 0 Å². The zero-order valence-corrected chi connectivity index (χ0v) is 12.1. The van der Waals surface area contributed by atoms with Gasteiger partial charge < -0.3 is 14.6 Å². The average molecular weight is 297 g/mol. The maximum atomic E-state index is 13.4. The highest BCUT2D eigenvalue weighted by atomic mass is 19.1. The number of aromatic amines is 1. The van der Waals surface area contributed by atoms with Gasteiger partial charge in [0.05, 0.1) is 19.4 Å². The molecule has 112 valence electrons. The predicted molar refractivity (Wildman–Crippen MR) is 84.5 cm³/mol. The molecular weight excluding hydrogens is 281 g/mol. The fourth-order valence-corrected chi connectivity index (χ4v) is 2.89. The highest BCUT2D eigenvalue weighted by Crippen LogP contribution is 2.29. The quantitative estimate of drug-likeness (QED) is 0.789. The number of anilines is 1. The summed E-state index contributed by atoms with van der Waals surface area (Å²) in [5.41, 5.74) is 3.91. The molecule has 0 unspecified atom stereocenters. The van der Waals surface area contributed by atoms with Crippen molar-refractivity contribution in [3.8, 4) is 11.1 Å². The van der Waals surface area contributed by atoms with Crippen molar-refractivity contribution in [2.75, 3.05) is 31.2 Å². The van der Waals surface area contributed by atoms with Gasteiger partial charge in [-0.3, -0.25) is 0 Å². The van der Waals surface area contributed by atoms with Gasteiger partial charge >= 0.3 is 0 Å². The van der Waals surface area contributed by atoms with Gasteiger partial charge in [0.1, 0.15) is 11.5 Å². The van der Waals surface area contributed by atoms with Crippen LogP contribution < -0.4 is 4.90 Å². The van der Waals surface area contributed by atoms with E-state index in [1.165, 1.54) is 18.0 Å². The number of hydrogen-bond acceptors (Lipinski definition) is 3. The molecule has 1 fully saturated rings. The summed E-state index contributed by atoms with van der Waals surface area (Å²) in [5.74, 6) is -0.321. The Morgan fingerprint density at radius 3 is 2.68 bits per heavy atom. The van der Waals surface area contributed by atoms with Crippen LogP contribution in [0.1, 0.15) is 0 Å². The molecule has 1 N–H and O–H groups in total. The van der Waals surface area contributed by atoms with Crippen LogP contribution in [0.25, 0.3) is 22.2 Å². The highest BCUT2D eigenvalue weighted by molar-refractivity contribution is 5.93. The Balaban J connectivity index is 1.68. The van der Waals surface area contributed by atoms with Gasteiger partial charge in [0.25, 0.3) is 0 Å². The zero-order chi connectivity index (χ0) is 14.9. The number of hydrogen-bond donors (Lipinski definition) is 1. The largest absolute Gasteiger partial charge is 0.378 e. The number of aromatic nitrogens is 2. The molecule has 0 bridgehead atoms. The number of benzene rings is 1. The van der Waals surface area contributed by atoms with Crippen LogP contribution in [0.4, 0.5) is 10.1 Å². The van der Waals surface area contributed by atoms with Crippen LogP contribution in [0, 0.1) is 5.82 Å². The van der Waals surface area contributed by atoms with Crippen molar-refractivity contribution in [2.45, 2.75) is 0 Å². The molecular formula is C17H16FN3O. The number of ether oxygens (including phenoxy) is 1. The van der Waals surface area contributed by atoms with E-state index in [0.717, 1.165) is 42.8 Å². The van der Waals surface area contributed by atoms with Gasteiger partial charge in [0.15, 0.2) is 0 Å². The van der Waals surface area contributed by atoms with Crippen LogP contribution in [-0.4, -0.2) is 36.3 Å². The van der Waals surface area contributed by atoms with Crippen molar-refractivity contribution < 1.29 is 9.13 Å². The standard InChI is InChI=1S/C17H16FN3O/c18-13-9-15-16(11-20-17(15)19-10-13)12-1-3-14(4-2-12)21-5-7-22-8-6-21/h1-4,9-11H,5-8H2,(H,19,20). The third-order valence-electron chi connectivity index (χ3n) is 4.05. The van der Waals surface area contributed by atoms with Crippen molar-refractivity contribution in [1.29, 1.82) is 0 Å².